The molecule has 4 rings (SSSR count). The topological polar surface area (TPSA) is 35.6 Å². The summed E-state index contributed by atoms with van der Waals surface area (Å²) in [5.74, 6) is 0.505. The minimum absolute atomic E-state index is 0.137. The highest BCUT2D eigenvalue weighted by Gasteiger charge is 2.34. The lowest BCUT2D eigenvalue weighted by molar-refractivity contribution is -0.123. The summed E-state index contributed by atoms with van der Waals surface area (Å²) in [5, 5.41) is 5.43. The van der Waals surface area contributed by atoms with E-state index in [-0.39, 0.29) is 23.9 Å². The molecule has 2 fully saturated rings. The number of hydrogen-bond donors (Lipinski definition) is 1. The van der Waals surface area contributed by atoms with Crippen LogP contribution in [0.1, 0.15) is 36.2 Å². The van der Waals surface area contributed by atoms with Crippen molar-refractivity contribution in [2.75, 3.05) is 26.2 Å². The van der Waals surface area contributed by atoms with Gasteiger partial charge in [0, 0.05) is 49.6 Å². The Bertz CT molecular complexity index is 721. The monoisotopic (exact) mass is 383 g/mol. The maximum atomic E-state index is 12.3. The standard InChI is InChI=1S/C22H29N3OS/c1-17(23-22(26)19-9-10-19)21(20-8-5-15-27-20)25-13-11-24(12-14-25)16-18-6-3-2-4-7-18/h2-8,15,17,19,21H,9-14,16H2,1H3,(H,23,26)/t17-,21-/m1/s1. The zero-order valence-corrected chi connectivity index (χ0v) is 16.8. The van der Waals surface area contributed by atoms with E-state index in [1.807, 2.05) is 0 Å². The summed E-state index contributed by atoms with van der Waals surface area (Å²) in [7, 11) is 0. The molecule has 1 aliphatic carbocycles. The van der Waals surface area contributed by atoms with Gasteiger partial charge in [0.2, 0.25) is 5.91 Å². The van der Waals surface area contributed by atoms with Crippen molar-refractivity contribution in [2.45, 2.75) is 38.4 Å². The zero-order chi connectivity index (χ0) is 18.6. The van der Waals surface area contributed by atoms with Gasteiger partial charge in [-0.3, -0.25) is 14.6 Å². The maximum Gasteiger partial charge on any atom is 0.223 e. The molecule has 144 valence electrons. The Morgan fingerprint density at radius 1 is 1.11 bits per heavy atom. The molecule has 1 amide bonds. The largest absolute Gasteiger partial charge is 0.351 e. The van der Waals surface area contributed by atoms with Crippen LogP contribution in [0.15, 0.2) is 47.8 Å². The fraction of sp³-hybridized carbons (Fsp3) is 0.500. The number of amides is 1. The first kappa shape index (κ1) is 18.7. The Balaban J connectivity index is 1.38. The highest BCUT2D eigenvalue weighted by molar-refractivity contribution is 7.10. The van der Waals surface area contributed by atoms with Crippen molar-refractivity contribution < 1.29 is 4.79 Å². The van der Waals surface area contributed by atoms with Gasteiger partial charge in [-0.2, -0.15) is 0 Å². The molecular formula is C22H29N3OS. The minimum Gasteiger partial charge on any atom is -0.351 e. The van der Waals surface area contributed by atoms with E-state index in [2.05, 4.69) is 69.9 Å². The number of hydrogen-bond acceptors (Lipinski definition) is 4. The van der Waals surface area contributed by atoms with Crippen LogP contribution in [0.3, 0.4) is 0 Å². The van der Waals surface area contributed by atoms with E-state index >= 15 is 0 Å². The summed E-state index contributed by atoms with van der Waals surface area (Å²) < 4.78 is 0. The molecule has 0 radical (unpaired) electrons. The van der Waals surface area contributed by atoms with Gasteiger partial charge >= 0.3 is 0 Å². The van der Waals surface area contributed by atoms with E-state index in [0.29, 0.717) is 0 Å². The van der Waals surface area contributed by atoms with E-state index in [0.717, 1.165) is 45.6 Å². The SMILES string of the molecule is C[C@@H](NC(=O)C1CC1)[C@H](c1cccs1)N1CCN(Cc2ccccc2)CC1. The number of carbonyl (C=O) groups excluding carboxylic acids is 1. The number of carbonyl (C=O) groups is 1. The molecule has 0 unspecified atom stereocenters. The van der Waals surface area contributed by atoms with Crippen LogP contribution in [0.4, 0.5) is 0 Å². The van der Waals surface area contributed by atoms with Crippen LogP contribution < -0.4 is 5.32 Å². The van der Waals surface area contributed by atoms with Crippen molar-refractivity contribution in [3.8, 4) is 0 Å². The third kappa shape index (κ3) is 4.78. The zero-order valence-electron chi connectivity index (χ0n) is 16.0. The highest BCUT2D eigenvalue weighted by atomic mass is 32.1. The lowest BCUT2D eigenvalue weighted by Crippen LogP contribution is -2.52. The third-order valence-electron chi connectivity index (χ3n) is 5.68. The normalized spacial score (nSPS) is 20.9. The Kier molecular flexibility index (Phi) is 5.91. The van der Waals surface area contributed by atoms with Crippen LogP contribution in [-0.4, -0.2) is 47.9 Å². The number of piperazine rings is 1. The molecule has 5 heteroatoms. The quantitative estimate of drug-likeness (QED) is 0.795. The van der Waals surface area contributed by atoms with Gasteiger partial charge in [-0.05, 0) is 36.8 Å². The molecule has 1 saturated carbocycles. The van der Waals surface area contributed by atoms with Crippen LogP contribution >= 0.6 is 11.3 Å². The first-order valence-corrected chi connectivity index (χ1v) is 10.9. The van der Waals surface area contributed by atoms with Crippen LogP contribution in [0.2, 0.25) is 0 Å². The van der Waals surface area contributed by atoms with Crippen LogP contribution in [-0.2, 0) is 11.3 Å². The third-order valence-corrected chi connectivity index (χ3v) is 6.62. The predicted molar refractivity (Wildman–Crippen MR) is 111 cm³/mol. The van der Waals surface area contributed by atoms with Gasteiger partial charge in [0.05, 0.1) is 6.04 Å². The number of thiophene rings is 1. The molecule has 2 aliphatic rings. The van der Waals surface area contributed by atoms with Crippen molar-refractivity contribution in [3.63, 3.8) is 0 Å². The Morgan fingerprint density at radius 2 is 1.85 bits per heavy atom. The number of rotatable bonds is 7. The van der Waals surface area contributed by atoms with E-state index in [1.165, 1.54) is 10.4 Å². The molecule has 2 atom stereocenters. The van der Waals surface area contributed by atoms with Crippen molar-refractivity contribution >= 4 is 17.2 Å². The van der Waals surface area contributed by atoms with Crippen molar-refractivity contribution in [1.29, 1.82) is 0 Å². The fourth-order valence-electron chi connectivity index (χ4n) is 4.01. The molecule has 1 aromatic heterocycles. The molecule has 0 bridgehead atoms. The first-order valence-electron chi connectivity index (χ1n) is 10.0. The van der Waals surface area contributed by atoms with Crippen LogP contribution in [0, 0.1) is 5.92 Å². The maximum absolute atomic E-state index is 12.3. The highest BCUT2D eigenvalue weighted by Crippen LogP contribution is 2.32. The first-order chi connectivity index (χ1) is 13.2. The smallest absolute Gasteiger partial charge is 0.223 e. The number of nitrogens with one attached hydrogen (secondary N) is 1. The summed E-state index contributed by atoms with van der Waals surface area (Å²) >= 11 is 1.80. The molecule has 0 spiro atoms. The van der Waals surface area contributed by atoms with Crippen molar-refractivity contribution in [1.82, 2.24) is 15.1 Å². The van der Waals surface area contributed by atoms with Gasteiger partial charge in [-0.15, -0.1) is 11.3 Å². The lowest BCUT2D eigenvalue weighted by atomic mass is 10.0. The predicted octanol–water partition coefficient (Wildman–Crippen LogP) is 3.52. The average molecular weight is 384 g/mol. The van der Waals surface area contributed by atoms with Gasteiger partial charge in [-0.25, -0.2) is 0 Å². The Labute approximate surface area is 166 Å². The summed E-state index contributed by atoms with van der Waals surface area (Å²) in [6, 6.07) is 15.4. The van der Waals surface area contributed by atoms with Crippen LogP contribution in [0.25, 0.3) is 0 Å². The summed E-state index contributed by atoms with van der Waals surface area (Å²) in [4.78, 5) is 18.7. The van der Waals surface area contributed by atoms with Crippen molar-refractivity contribution in [2.24, 2.45) is 5.92 Å². The molecule has 1 aromatic carbocycles. The molecule has 27 heavy (non-hydrogen) atoms. The minimum atomic E-state index is 0.137. The molecular weight excluding hydrogens is 354 g/mol. The summed E-state index contributed by atoms with van der Waals surface area (Å²) in [5.41, 5.74) is 1.38. The molecule has 4 nitrogen and oxygen atoms in total. The molecule has 2 heterocycles. The lowest BCUT2D eigenvalue weighted by Gasteiger charge is -2.41. The molecule has 1 N–H and O–H groups in total. The second-order valence-corrected chi connectivity index (χ2v) is 8.81. The summed E-state index contributed by atoms with van der Waals surface area (Å²) in [6.07, 6.45) is 2.11. The van der Waals surface area contributed by atoms with Gasteiger partial charge in [0.1, 0.15) is 0 Å². The van der Waals surface area contributed by atoms with Gasteiger partial charge in [-0.1, -0.05) is 36.4 Å². The van der Waals surface area contributed by atoms with E-state index in [1.54, 1.807) is 11.3 Å². The van der Waals surface area contributed by atoms with Gasteiger partial charge in [0.25, 0.3) is 0 Å². The number of benzene rings is 1. The number of nitrogens with zero attached hydrogens (tertiary/aromatic N) is 2. The van der Waals surface area contributed by atoms with E-state index in [9.17, 15) is 4.79 Å². The summed E-state index contributed by atoms with van der Waals surface area (Å²) in [6.45, 7) is 7.41. The van der Waals surface area contributed by atoms with Crippen molar-refractivity contribution in [3.05, 3.63) is 58.3 Å². The van der Waals surface area contributed by atoms with Gasteiger partial charge in [0.15, 0.2) is 0 Å². The second kappa shape index (κ2) is 8.55. The Hall–Kier alpha value is -1.69. The fourth-order valence-corrected chi connectivity index (χ4v) is 4.97. The van der Waals surface area contributed by atoms with Crippen LogP contribution in [0.5, 0.6) is 0 Å². The molecule has 2 aromatic rings. The molecule has 1 aliphatic heterocycles. The molecule has 1 saturated heterocycles. The van der Waals surface area contributed by atoms with E-state index < -0.39 is 0 Å². The average Bonchev–Trinajstić information content (AvgIpc) is 3.41. The second-order valence-electron chi connectivity index (χ2n) is 7.83. The van der Waals surface area contributed by atoms with E-state index in [4.69, 9.17) is 0 Å². The van der Waals surface area contributed by atoms with Gasteiger partial charge < -0.3 is 5.32 Å². The Morgan fingerprint density at radius 3 is 2.48 bits per heavy atom.